The number of nitrogens with zero attached hydrogens (tertiary/aromatic N) is 3. The third kappa shape index (κ3) is 5.05. The summed E-state index contributed by atoms with van der Waals surface area (Å²) in [7, 11) is 0. The van der Waals surface area contributed by atoms with Gasteiger partial charge in [0, 0.05) is 19.2 Å². The number of pyridine rings is 1. The van der Waals surface area contributed by atoms with Crippen LogP contribution < -0.4 is 15.2 Å². The Hall–Kier alpha value is -3.46. The molecule has 0 aliphatic rings. The molecule has 2 aromatic carbocycles. The highest BCUT2D eigenvalue weighted by molar-refractivity contribution is 6.32. The van der Waals surface area contributed by atoms with E-state index in [1.54, 1.807) is 30.5 Å². The van der Waals surface area contributed by atoms with E-state index in [1.807, 2.05) is 12.1 Å². The summed E-state index contributed by atoms with van der Waals surface area (Å²) in [6, 6.07) is 16.0. The molecule has 0 atom stereocenters. The molecule has 2 heterocycles. The molecule has 0 spiro atoms. The van der Waals surface area contributed by atoms with Gasteiger partial charge >= 0.3 is 12.1 Å². The predicted octanol–water partition coefficient (Wildman–Crippen LogP) is 5.18. The summed E-state index contributed by atoms with van der Waals surface area (Å²) >= 11 is 6.05. The molecule has 0 aliphatic heterocycles. The second-order valence-corrected chi connectivity index (χ2v) is 7.26. The van der Waals surface area contributed by atoms with E-state index >= 15 is 0 Å². The van der Waals surface area contributed by atoms with Crippen molar-refractivity contribution >= 4 is 17.2 Å². The standard InChI is InChI=1S/C22H17ClF3N3O3/c23-18-4-1-2-5-19(18)31-13-3-12-29-21(30)28-14-16(8-11-20(28)27-29)15-6-9-17(10-7-15)32-22(24,25)26/h1-2,4-11,14H,3,12-13H2. The van der Waals surface area contributed by atoms with Crippen LogP contribution in [0.3, 0.4) is 0 Å². The largest absolute Gasteiger partial charge is 0.573 e. The summed E-state index contributed by atoms with van der Waals surface area (Å²) in [5.41, 5.74) is 1.42. The number of rotatable bonds is 7. The number of fused-ring (bicyclic) bond motifs is 1. The number of aryl methyl sites for hydroxylation is 1. The van der Waals surface area contributed by atoms with E-state index in [-0.39, 0.29) is 11.4 Å². The number of ether oxygens (including phenoxy) is 2. The Morgan fingerprint density at radius 3 is 2.41 bits per heavy atom. The lowest BCUT2D eigenvalue weighted by Gasteiger charge is -2.09. The molecule has 0 aliphatic carbocycles. The highest BCUT2D eigenvalue weighted by Crippen LogP contribution is 2.26. The lowest BCUT2D eigenvalue weighted by Crippen LogP contribution is -2.22. The maximum Gasteiger partial charge on any atom is 0.573 e. The van der Waals surface area contributed by atoms with E-state index in [9.17, 15) is 18.0 Å². The Bertz CT molecular complexity index is 1280. The van der Waals surface area contributed by atoms with Gasteiger partial charge in [0.2, 0.25) is 0 Å². The van der Waals surface area contributed by atoms with Gasteiger partial charge in [0.25, 0.3) is 0 Å². The Balaban J connectivity index is 1.45. The van der Waals surface area contributed by atoms with Gasteiger partial charge in [-0.05, 0) is 47.5 Å². The van der Waals surface area contributed by atoms with E-state index in [4.69, 9.17) is 16.3 Å². The highest BCUT2D eigenvalue weighted by atomic mass is 35.5. The molecule has 0 saturated heterocycles. The number of hydrogen-bond acceptors (Lipinski definition) is 4. The van der Waals surface area contributed by atoms with Crippen molar-refractivity contribution in [3.05, 3.63) is 82.4 Å². The summed E-state index contributed by atoms with van der Waals surface area (Å²) in [4.78, 5) is 12.7. The molecule has 6 nitrogen and oxygen atoms in total. The Morgan fingerprint density at radius 2 is 1.69 bits per heavy atom. The zero-order chi connectivity index (χ0) is 22.7. The van der Waals surface area contributed by atoms with Crippen molar-refractivity contribution in [2.24, 2.45) is 0 Å². The number of benzene rings is 2. The van der Waals surface area contributed by atoms with Crippen LogP contribution in [0.1, 0.15) is 6.42 Å². The summed E-state index contributed by atoms with van der Waals surface area (Å²) in [5.74, 6) is 0.263. The van der Waals surface area contributed by atoms with Gasteiger partial charge in [0.05, 0.1) is 11.6 Å². The third-order valence-electron chi connectivity index (χ3n) is 4.61. The minimum absolute atomic E-state index is 0.314. The smallest absolute Gasteiger partial charge is 0.492 e. The van der Waals surface area contributed by atoms with Gasteiger partial charge < -0.3 is 9.47 Å². The molecule has 0 bridgehead atoms. The first-order chi connectivity index (χ1) is 15.3. The van der Waals surface area contributed by atoms with Crippen LogP contribution in [0, 0.1) is 0 Å². The van der Waals surface area contributed by atoms with Crippen molar-refractivity contribution < 1.29 is 22.6 Å². The summed E-state index contributed by atoms with van der Waals surface area (Å²) < 4.78 is 49.2. The van der Waals surface area contributed by atoms with Gasteiger partial charge in [-0.15, -0.1) is 18.3 Å². The van der Waals surface area contributed by atoms with Crippen LogP contribution in [-0.2, 0) is 6.54 Å². The fraction of sp³-hybridized carbons (Fsp3) is 0.182. The quantitative estimate of drug-likeness (QED) is 0.354. The molecule has 166 valence electrons. The normalized spacial score (nSPS) is 11.6. The number of aromatic nitrogens is 3. The topological polar surface area (TPSA) is 57.8 Å². The first-order valence-electron chi connectivity index (χ1n) is 9.63. The zero-order valence-corrected chi connectivity index (χ0v) is 17.3. The number of halogens is 4. The second-order valence-electron chi connectivity index (χ2n) is 6.86. The number of alkyl halides is 3. The van der Waals surface area contributed by atoms with Crippen molar-refractivity contribution in [3.8, 4) is 22.6 Å². The molecule has 0 fully saturated rings. The Kier molecular flexibility index (Phi) is 6.09. The summed E-state index contributed by atoms with van der Waals surface area (Å²) in [6.45, 7) is 0.714. The van der Waals surface area contributed by atoms with Crippen LogP contribution >= 0.6 is 11.6 Å². The summed E-state index contributed by atoms with van der Waals surface area (Å²) in [5, 5.41) is 4.82. The first kappa shape index (κ1) is 21.8. The number of hydrogen-bond donors (Lipinski definition) is 0. The summed E-state index contributed by atoms with van der Waals surface area (Å²) in [6.07, 6.45) is -2.61. The third-order valence-corrected chi connectivity index (χ3v) is 4.92. The van der Waals surface area contributed by atoms with E-state index < -0.39 is 6.36 Å². The van der Waals surface area contributed by atoms with Gasteiger partial charge in [-0.2, -0.15) is 0 Å². The molecule has 10 heteroatoms. The molecule has 4 aromatic rings. The predicted molar refractivity (Wildman–Crippen MR) is 113 cm³/mol. The van der Waals surface area contributed by atoms with E-state index in [0.29, 0.717) is 47.1 Å². The average Bonchev–Trinajstić information content (AvgIpc) is 3.07. The molecule has 32 heavy (non-hydrogen) atoms. The van der Waals surface area contributed by atoms with Crippen LogP contribution in [0.2, 0.25) is 5.02 Å². The SMILES string of the molecule is O=c1n(CCCOc2ccccc2Cl)nc2ccc(-c3ccc(OC(F)(F)F)cc3)cn12. The molecule has 4 rings (SSSR count). The van der Waals surface area contributed by atoms with Crippen LogP contribution in [-0.4, -0.2) is 27.2 Å². The van der Waals surface area contributed by atoms with Gasteiger partial charge in [-0.25, -0.2) is 13.9 Å². The molecule has 0 N–H and O–H groups in total. The molecular weight excluding hydrogens is 447 g/mol. The minimum Gasteiger partial charge on any atom is -0.492 e. The van der Waals surface area contributed by atoms with Crippen molar-refractivity contribution in [1.82, 2.24) is 14.2 Å². The van der Waals surface area contributed by atoms with Crippen molar-refractivity contribution in [2.75, 3.05) is 6.61 Å². The molecular formula is C22H17ClF3N3O3. The lowest BCUT2D eigenvalue weighted by molar-refractivity contribution is -0.274. The Labute approximate surface area is 185 Å². The van der Waals surface area contributed by atoms with E-state index in [2.05, 4.69) is 9.84 Å². The first-order valence-corrected chi connectivity index (χ1v) is 10.0. The lowest BCUT2D eigenvalue weighted by atomic mass is 10.1. The van der Waals surface area contributed by atoms with Crippen LogP contribution in [0.15, 0.2) is 71.7 Å². The van der Waals surface area contributed by atoms with Crippen molar-refractivity contribution in [1.29, 1.82) is 0 Å². The number of para-hydroxylation sites is 1. The zero-order valence-electron chi connectivity index (χ0n) is 16.6. The van der Waals surface area contributed by atoms with Crippen molar-refractivity contribution in [2.45, 2.75) is 19.3 Å². The van der Waals surface area contributed by atoms with Gasteiger partial charge in [-0.1, -0.05) is 35.9 Å². The minimum atomic E-state index is -4.75. The van der Waals surface area contributed by atoms with E-state index in [0.717, 1.165) is 0 Å². The van der Waals surface area contributed by atoms with Crippen molar-refractivity contribution in [3.63, 3.8) is 0 Å². The molecule has 0 amide bonds. The highest BCUT2D eigenvalue weighted by Gasteiger charge is 2.30. The maximum absolute atomic E-state index is 12.7. The van der Waals surface area contributed by atoms with Crippen LogP contribution in [0.25, 0.3) is 16.8 Å². The average molecular weight is 464 g/mol. The molecule has 0 unspecified atom stereocenters. The monoisotopic (exact) mass is 463 g/mol. The Morgan fingerprint density at radius 1 is 0.969 bits per heavy atom. The van der Waals surface area contributed by atoms with Gasteiger partial charge in [0.15, 0.2) is 5.65 Å². The second kappa shape index (κ2) is 8.96. The molecule has 2 aromatic heterocycles. The molecule has 0 saturated carbocycles. The fourth-order valence-corrected chi connectivity index (χ4v) is 3.33. The van der Waals surface area contributed by atoms with Gasteiger partial charge in [-0.3, -0.25) is 0 Å². The van der Waals surface area contributed by atoms with E-state index in [1.165, 1.54) is 33.3 Å². The maximum atomic E-state index is 12.7. The molecule has 0 radical (unpaired) electrons. The van der Waals surface area contributed by atoms with Crippen LogP contribution in [0.4, 0.5) is 13.2 Å². The fourth-order valence-electron chi connectivity index (χ4n) is 3.14. The van der Waals surface area contributed by atoms with Crippen LogP contribution in [0.5, 0.6) is 11.5 Å². The van der Waals surface area contributed by atoms with Gasteiger partial charge in [0.1, 0.15) is 11.5 Å².